The average Bonchev–Trinajstić information content (AvgIpc) is 2.10. The minimum atomic E-state index is -1.14. The maximum Gasteiger partial charge on any atom is 0.320 e. The Balaban J connectivity index is 3.59. The molecule has 0 aromatic carbocycles. The Morgan fingerprint density at radius 1 is 1.29 bits per heavy atom. The Morgan fingerprint density at radius 3 is 2.29 bits per heavy atom. The normalized spacial score (nSPS) is 12.6. The number of aliphatic carboxylic acids is 1. The smallest absolute Gasteiger partial charge is 0.320 e. The number of rotatable bonds is 6. The van der Waals surface area contributed by atoms with Crippen LogP contribution in [0.2, 0.25) is 0 Å². The van der Waals surface area contributed by atoms with Crippen molar-refractivity contribution in [3.8, 4) is 0 Å². The second-order valence-electron chi connectivity index (χ2n) is 3.76. The van der Waals surface area contributed by atoms with Crippen molar-refractivity contribution in [1.82, 2.24) is 0 Å². The van der Waals surface area contributed by atoms with Crippen LogP contribution in [0.3, 0.4) is 0 Å². The third-order valence-electron chi connectivity index (χ3n) is 1.89. The van der Waals surface area contributed by atoms with Gasteiger partial charge in [-0.15, -0.1) is 0 Å². The van der Waals surface area contributed by atoms with Crippen molar-refractivity contribution < 1.29 is 19.4 Å². The first-order chi connectivity index (χ1) is 6.45. The summed E-state index contributed by atoms with van der Waals surface area (Å²) in [7, 11) is 0. The van der Waals surface area contributed by atoms with E-state index in [1.165, 1.54) is 6.92 Å². The van der Waals surface area contributed by atoms with Crippen molar-refractivity contribution in [2.45, 2.75) is 33.6 Å². The van der Waals surface area contributed by atoms with Crippen molar-refractivity contribution in [3.63, 3.8) is 0 Å². The molecule has 0 aromatic heterocycles. The zero-order valence-electron chi connectivity index (χ0n) is 8.95. The van der Waals surface area contributed by atoms with Crippen molar-refractivity contribution in [1.29, 1.82) is 0 Å². The van der Waals surface area contributed by atoms with Gasteiger partial charge in [-0.25, -0.2) is 0 Å². The predicted molar refractivity (Wildman–Crippen MR) is 51.8 cm³/mol. The highest BCUT2D eigenvalue weighted by atomic mass is 16.5. The van der Waals surface area contributed by atoms with Gasteiger partial charge in [0.05, 0.1) is 6.61 Å². The fraction of sp³-hybridized carbons (Fsp3) is 0.800. The molecule has 0 radical (unpaired) electrons. The molecule has 14 heavy (non-hydrogen) atoms. The summed E-state index contributed by atoms with van der Waals surface area (Å²) < 4.78 is 4.80. The van der Waals surface area contributed by atoms with Crippen molar-refractivity contribution in [3.05, 3.63) is 0 Å². The van der Waals surface area contributed by atoms with Crippen LogP contribution in [-0.4, -0.2) is 23.7 Å². The first-order valence-electron chi connectivity index (χ1n) is 4.84. The third kappa shape index (κ3) is 5.56. The minimum absolute atomic E-state index is 0.314. The van der Waals surface area contributed by atoms with Crippen LogP contribution in [0.15, 0.2) is 0 Å². The Kier molecular flexibility index (Phi) is 5.92. The molecule has 0 aliphatic rings. The van der Waals surface area contributed by atoms with E-state index in [2.05, 4.69) is 13.8 Å². The van der Waals surface area contributed by atoms with Gasteiger partial charge in [0.1, 0.15) is 0 Å². The fourth-order valence-electron chi connectivity index (χ4n) is 0.890. The topological polar surface area (TPSA) is 63.6 Å². The van der Waals surface area contributed by atoms with E-state index in [0.29, 0.717) is 12.5 Å². The SMILES string of the molecule is CC(C)CCCOC(=O)C(C)C(=O)O. The maximum atomic E-state index is 11.0. The lowest BCUT2D eigenvalue weighted by Gasteiger charge is -2.08. The van der Waals surface area contributed by atoms with Crippen LogP contribution in [0.25, 0.3) is 0 Å². The molecule has 0 amide bonds. The van der Waals surface area contributed by atoms with Gasteiger partial charge in [0.2, 0.25) is 0 Å². The van der Waals surface area contributed by atoms with Crippen LogP contribution in [0, 0.1) is 11.8 Å². The number of hydrogen-bond donors (Lipinski definition) is 1. The second kappa shape index (κ2) is 6.40. The number of carboxylic acids is 1. The van der Waals surface area contributed by atoms with Crippen molar-refractivity contribution >= 4 is 11.9 Å². The van der Waals surface area contributed by atoms with Gasteiger partial charge >= 0.3 is 11.9 Å². The standard InChI is InChI=1S/C10H18O4/c1-7(2)5-4-6-14-10(13)8(3)9(11)12/h7-8H,4-6H2,1-3H3,(H,11,12). The minimum Gasteiger partial charge on any atom is -0.481 e. The molecule has 4 heteroatoms. The van der Waals surface area contributed by atoms with E-state index in [4.69, 9.17) is 9.84 Å². The highest BCUT2D eigenvalue weighted by Crippen LogP contribution is 2.05. The molecule has 0 aliphatic heterocycles. The molecule has 82 valence electrons. The monoisotopic (exact) mass is 202 g/mol. The van der Waals surface area contributed by atoms with E-state index in [0.717, 1.165) is 12.8 Å². The largest absolute Gasteiger partial charge is 0.481 e. The van der Waals surface area contributed by atoms with Crippen molar-refractivity contribution in [2.75, 3.05) is 6.61 Å². The van der Waals surface area contributed by atoms with Crippen LogP contribution in [-0.2, 0) is 14.3 Å². The summed E-state index contributed by atoms with van der Waals surface area (Å²) in [6, 6.07) is 0. The Bertz CT molecular complexity index is 198. The van der Waals surface area contributed by atoms with Gasteiger partial charge in [-0.3, -0.25) is 9.59 Å². The summed E-state index contributed by atoms with van der Waals surface area (Å²) in [5.41, 5.74) is 0. The van der Waals surface area contributed by atoms with Gasteiger partial charge in [-0.1, -0.05) is 13.8 Å². The fourth-order valence-corrected chi connectivity index (χ4v) is 0.890. The summed E-state index contributed by atoms with van der Waals surface area (Å²) in [6.45, 7) is 5.81. The Morgan fingerprint density at radius 2 is 1.86 bits per heavy atom. The van der Waals surface area contributed by atoms with E-state index in [9.17, 15) is 9.59 Å². The first-order valence-corrected chi connectivity index (χ1v) is 4.84. The highest BCUT2D eigenvalue weighted by Gasteiger charge is 2.21. The summed E-state index contributed by atoms with van der Waals surface area (Å²) in [5, 5.41) is 8.50. The lowest BCUT2D eigenvalue weighted by atomic mass is 10.1. The number of ether oxygens (including phenoxy) is 1. The summed E-state index contributed by atoms with van der Waals surface area (Å²) in [6.07, 6.45) is 1.77. The maximum absolute atomic E-state index is 11.0. The molecular weight excluding hydrogens is 184 g/mol. The zero-order valence-corrected chi connectivity index (χ0v) is 8.95. The number of hydrogen-bond acceptors (Lipinski definition) is 3. The number of carboxylic acid groups (broad SMARTS) is 1. The first kappa shape index (κ1) is 12.9. The van der Waals surface area contributed by atoms with Gasteiger partial charge in [-0.05, 0) is 25.7 Å². The van der Waals surface area contributed by atoms with E-state index in [-0.39, 0.29) is 0 Å². The van der Waals surface area contributed by atoms with Crippen LogP contribution in [0.4, 0.5) is 0 Å². The molecule has 0 saturated heterocycles. The number of esters is 1. The molecule has 0 heterocycles. The molecule has 1 N–H and O–H groups in total. The van der Waals surface area contributed by atoms with E-state index < -0.39 is 17.9 Å². The molecule has 4 nitrogen and oxygen atoms in total. The quantitative estimate of drug-likeness (QED) is 0.404. The van der Waals surface area contributed by atoms with Gasteiger partial charge < -0.3 is 9.84 Å². The van der Waals surface area contributed by atoms with Gasteiger partial charge in [0.25, 0.3) is 0 Å². The zero-order chi connectivity index (χ0) is 11.1. The molecule has 0 aliphatic carbocycles. The molecule has 0 saturated carbocycles. The predicted octanol–water partition coefficient (Wildman–Crippen LogP) is 1.69. The van der Waals surface area contributed by atoms with Gasteiger partial charge in [0, 0.05) is 0 Å². The van der Waals surface area contributed by atoms with Gasteiger partial charge in [0.15, 0.2) is 5.92 Å². The lowest BCUT2D eigenvalue weighted by molar-refractivity contribution is -0.157. The highest BCUT2D eigenvalue weighted by molar-refractivity contribution is 5.93. The van der Waals surface area contributed by atoms with Crippen LogP contribution in [0.1, 0.15) is 33.6 Å². The van der Waals surface area contributed by atoms with Gasteiger partial charge in [-0.2, -0.15) is 0 Å². The van der Waals surface area contributed by atoms with Crippen LogP contribution >= 0.6 is 0 Å². The molecule has 0 bridgehead atoms. The Labute approximate surface area is 84.3 Å². The van der Waals surface area contributed by atoms with Crippen LogP contribution < -0.4 is 0 Å². The third-order valence-corrected chi connectivity index (χ3v) is 1.89. The van der Waals surface area contributed by atoms with Crippen molar-refractivity contribution in [2.24, 2.45) is 11.8 Å². The summed E-state index contributed by atoms with van der Waals surface area (Å²) in [5.74, 6) is -2.28. The molecule has 1 unspecified atom stereocenters. The molecule has 0 fully saturated rings. The molecule has 0 aromatic rings. The van der Waals surface area contributed by atoms with E-state index in [1.54, 1.807) is 0 Å². The number of carbonyl (C=O) groups excluding carboxylic acids is 1. The average molecular weight is 202 g/mol. The number of carbonyl (C=O) groups is 2. The molecule has 0 rings (SSSR count). The lowest BCUT2D eigenvalue weighted by Crippen LogP contribution is -2.23. The molecular formula is C10H18O4. The van der Waals surface area contributed by atoms with Crippen LogP contribution in [0.5, 0.6) is 0 Å². The van der Waals surface area contributed by atoms with E-state index in [1.807, 2.05) is 0 Å². The molecule has 1 atom stereocenters. The Hall–Kier alpha value is -1.06. The summed E-state index contributed by atoms with van der Waals surface area (Å²) in [4.78, 5) is 21.4. The van der Waals surface area contributed by atoms with E-state index >= 15 is 0 Å². The second-order valence-corrected chi connectivity index (χ2v) is 3.76. The molecule has 0 spiro atoms. The summed E-state index contributed by atoms with van der Waals surface area (Å²) >= 11 is 0.